The number of nitrogens with one attached hydrogen (secondary N) is 1. The molecule has 1 unspecified atom stereocenters. The van der Waals surface area contributed by atoms with Gasteiger partial charge in [-0.1, -0.05) is 37.3 Å². The van der Waals surface area contributed by atoms with Gasteiger partial charge in [-0.2, -0.15) is 0 Å². The van der Waals surface area contributed by atoms with E-state index < -0.39 is 16.1 Å². The molecule has 0 heterocycles. The van der Waals surface area contributed by atoms with Crippen LogP contribution in [0.3, 0.4) is 0 Å². The molecule has 0 fully saturated rings. The summed E-state index contributed by atoms with van der Waals surface area (Å²) >= 11 is 0. The van der Waals surface area contributed by atoms with Crippen LogP contribution in [0.4, 0.5) is 0 Å². The van der Waals surface area contributed by atoms with E-state index in [0.29, 0.717) is 26.2 Å². The third-order valence-corrected chi connectivity index (χ3v) is 4.48. The highest BCUT2D eigenvalue weighted by molar-refractivity contribution is 7.88. The number of benzene rings is 1. The molecule has 0 aliphatic rings. The van der Waals surface area contributed by atoms with Crippen LogP contribution < -0.4 is 5.32 Å². The van der Waals surface area contributed by atoms with Crippen molar-refractivity contribution in [3.63, 3.8) is 0 Å². The van der Waals surface area contributed by atoms with E-state index in [1.54, 1.807) is 0 Å². The van der Waals surface area contributed by atoms with Crippen LogP contribution in [0.25, 0.3) is 0 Å². The summed E-state index contributed by atoms with van der Waals surface area (Å²) in [6, 6.07) is 9.46. The van der Waals surface area contributed by atoms with E-state index in [-0.39, 0.29) is 0 Å². The van der Waals surface area contributed by atoms with Crippen LogP contribution in [-0.2, 0) is 10.0 Å². The van der Waals surface area contributed by atoms with Crippen molar-refractivity contribution in [2.45, 2.75) is 19.4 Å². The predicted molar refractivity (Wildman–Crippen MR) is 81.0 cm³/mol. The van der Waals surface area contributed by atoms with Crippen molar-refractivity contribution in [2.75, 3.05) is 32.4 Å². The molecule has 0 amide bonds. The fourth-order valence-electron chi connectivity index (χ4n) is 1.97. The van der Waals surface area contributed by atoms with Gasteiger partial charge in [0, 0.05) is 19.6 Å². The minimum absolute atomic E-state index is 0.467. The average molecular weight is 300 g/mol. The smallest absolute Gasteiger partial charge is 0.211 e. The molecule has 0 bridgehead atoms. The van der Waals surface area contributed by atoms with Gasteiger partial charge >= 0.3 is 0 Å². The lowest BCUT2D eigenvalue weighted by Crippen LogP contribution is -2.33. The standard InChI is InChI=1S/C14H24N2O3S/c1-3-16(20(2,18)19)11-7-10-15-12-14(17)13-8-5-4-6-9-13/h4-6,8-9,14-15,17H,3,7,10-12H2,1-2H3. The van der Waals surface area contributed by atoms with E-state index in [1.807, 2.05) is 37.3 Å². The van der Waals surface area contributed by atoms with Crippen molar-refractivity contribution >= 4 is 10.0 Å². The Balaban J connectivity index is 2.22. The van der Waals surface area contributed by atoms with Gasteiger partial charge in [-0.3, -0.25) is 0 Å². The van der Waals surface area contributed by atoms with Crippen LogP contribution in [-0.4, -0.2) is 50.3 Å². The van der Waals surface area contributed by atoms with Crippen LogP contribution in [0.5, 0.6) is 0 Å². The zero-order valence-electron chi connectivity index (χ0n) is 12.1. The molecule has 0 aliphatic carbocycles. The first kappa shape index (κ1) is 17.1. The van der Waals surface area contributed by atoms with Gasteiger partial charge in [0.1, 0.15) is 0 Å². The molecule has 0 saturated heterocycles. The zero-order chi connectivity index (χ0) is 15.0. The number of aliphatic hydroxyl groups excluding tert-OH is 1. The van der Waals surface area contributed by atoms with Gasteiger partial charge in [0.2, 0.25) is 10.0 Å². The van der Waals surface area contributed by atoms with Gasteiger partial charge in [0.25, 0.3) is 0 Å². The average Bonchev–Trinajstić information content (AvgIpc) is 2.42. The Bertz CT molecular complexity index is 476. The summed E-state index contributed by atoms with van der Waals surface area (Å²) in [4.78, 5) is 0. The summed E-state index contributed by atoms with van der Waals surface area (Å²) in [5, 5.41) is 13.1. The molecule has 2 N–H and O–H groups in total. The molecule has 5 nitrogen and oxygen atoms in total. The number of rotatable bonds is 9. The topological polar surface area (TPSA) is 69.6 Å². The number of hydrogen-bond acceptors (Lipinski definition) is 4. The predicted octanol–water partition coefficient (Wildman–Crippen LogP) is 0.981. The summed E-state index contributed by atoms with van der Waals surface area (Å²) < 4.78 is 24.2. The molecular formula is C14H24N2O3S. The molecule has 0 aliphatic heterocycles. The lowest BCUT2D eigenvalue weighted by atomic mass is 10.1. The molecule has 0 radical (unpaired) electrons. The van der Waals surface area contributed by atoms with Crippen LogP contribution in [0.2, 0.25) is 0 Å². The van der Waals surface area contributed by atoms with Gasteiger partial charge < -0.3 is 10.4 Å². The molecule has 1 atom stereocenters. The summed E-state index contributed by atoms with van der Waals surface area (Å²) in [5.74, 6) is 0. The lowest BCUT2D eigenvalue weighted by Gasteiger charge is -2.18. The summed E-state index contributed by atoms with van der Waals surface area (Å²) in [6.07, 6.45) is 1.42. The third kappa shape index (κ3) is 6.00. The first-order valence-electron chi connectivity index (χ1n) is 6.84. The fraction of sp³-hybridized carbons (Fsp3) is 0.571. The molecule has 114 valence electrons. The minimum atomic E-state index is -3.11. The summed E-state index contributed by atoms with van der Waals surface area (Å²) in [7, 11) is -3.11. The second-order valence-electron chi connectivity index (χ2n) is 4.74. The van der Waals surface area contributed by atoms with Gasteiger partial charge in [-0.05, 0) is 18.5 Å². The fourth-order valence-corrected chi connectivity index (χ4v) is 2.90. The number of aliphatic hydroxyl groups is 1. The zero-order valence-corrected chi connectivity index (χ0v) is 12.9. The van der Waals surface area contributed by atoms with Crippen LogP contribution in [0.15, 0.2) is 30.3 Å². The highest BCUT2D eigenvalue weighted by Crippen LogP contribution is 2.10. The Labute approximate surface area is 121 Å². The molecule has 0 saturated carbocycles. The van der Waals surface area contributed by atoms with Crippen molar-refractivity contribution in [2.24, 2.45) is 0 Å². The first-order chi connectivity index (χ1) is 9.45. The van der Waals surface area contributed by atoms with Gasteiger partial charge in [-0.25, -0.2) is 12.7 Å². The Morgan fingerprint density at radius 1 is 1.30 bits per heavy atom. The Kier molecular flexibility index (Phi) is 7.15. The van der Waals surface area contributed by atoms with Crippen LogP contribution >= 0.6 is 0 Å². The number of sulfonamides is 1. The maximum Gasteiger partial charge on any atom is 0.211 e. The first-order valence-corrected chi connectivity index (χ1v) is 8.68. The molecule has 0 spiro atoms. The highest BCUT2D eigenvalue weighted by Gasteiger charge is 2.13. The highest BCUT2D eigenvalue weighted by atomic mass is 32.2. The van der Waals surface area contributed by atoms with Crippen molar-refractivity contribution in [1.29, 1.82) is 0 Å². The van der Waals surface area contributed by atoms with E-state index in [2.05, 4.69) is 5.32 Å². The second-order valence-corrected chi connectivity index (χ2v) is 6.72. The van der Waals surface area contributed by atoms with Crippen molar-refractivity contribution in [1.82, 2.24) is 9.62 Å². The molecule has 20 heavy (non-hydrogen) atoms. The van der Waals surface area contributed by atoms with Gasteiger partial charge in [0.15, 0.2) is 0 Å². The number of nitrogens with zero attached hydrogens (tertiary/aromatic N) is 1. The monoisotopic (exact) mass is 300 g/mol. The normalized spacial score (nSPS) is 13.6. The molecular weight excluding hydrogens is 276 g/mol. The molecule has 1 aromatic carbocycles. The molecule has 1 rings (SSSR count). The van der Waals surface area contributed by atoms with E-state index in [9.17, 15) is 13.5 Å². The lowest BCUT2D eigenvalue weighted by molar-refractivity contribution is 0.174. The van der Waals surface area contributed by atoms with Crippen molar-refractivity contribution in [3.8, 4) is 0 Å². The quantitative estimate of drug-likeness (QED) is 0.667. The SMILES string of the molecule is CCN(CCCNCC(O)c1ccccc1)S(C)(=O)=O. The molecule has 1 aromatic rings. The Morgan fingerprint density at radius 3 is 2.50 bits per heavy atom. The van der Waals surface area contributed by atoms with Gasteiger partial charge in [0.05, 0.1) is 12.4 Å². The Hall–Kier alpha value is -0.950. The largest absolute Gasteiger partial charge is 0.387 e. The van der Waals surface area contributed by atoms with E-state index in [4.69, 9.17) is 0 Å². The molecule has 6 heteroatoms. The van der Waals surface area contributed by atoms with Crippen LogP contribution in [0, 0.1) is 0 Å². The van der Waals surface area contributed by atoms with Crippen molar-refractivity contribution < 1.29 is 13.5 Å². The number of hydrogen-bond donors (Lipinski definition) is 2. The second kappa shape index (κ2) is 8.36. The van der Waals surface area contributed by atoms with E-state index in [1.165, 1.54) is 10.6 Å². The van der Waals surface area contributed by atoms with E-state index in [0.717, 1.165) is 12.0 Å². The minimum Gasteiger partial charge on any atom is -0.387 e. The summed E-state index contributed by atoms with van der Waals surface area (Å²) in [5.41, 5.74) is 0.881. The van der Waals surface area contributed by atoms with E-state index >= 15 is 0 Å². The maximum absolute atomic E-state index is 11.4. The Morgan fingerprint density at radius 2 is 1.95 bits per heavy atom. The maximum atomic E-state index is 11.4. The van der Waals surface area contributed by atoms with Gasteiger partial charge in [-0.15, -0.1) is 0 Å². The van der Waals surface area contributed by atoms with Crippen LogP contribution in [0.1, 0.15) is 25.0 Å². The summed E-state index contributed by atoms with van der Waals surface area (Å²) in [6.45, 7) is 3.97. The third-order valence-electron chi connectivity index (χ3n) is 3.10. The van der Waals surface area contributed by atoms with Crippen molar-refractivity contribution in [3.05, 3.63) is 35.9 Å². The molecule has 0 aromatic heterocycles.